The second-order valence-electron chi connectivity index (χ2n) is 3.40. The van der Waals surface area contributed by atoms with Crippen molar-refractivity contribution in [2.45, 2.75) is 18.6 Å². The van der Waals surface area contributed by atoms with Gasteiger partial charge in [-0.1, -0.05) is 29.8 Å². The maximum atomic E-state index is 10.9. The fourth-order valence-corrected chi connectivity index (χ4v) is 2.07. The fourth-order valence-electron chi connectivity index (χ4n) is 2.07. The third-order valence-corrected chi connectivity index (χ3v) is 2.64. The molecule has 1 aliphatic heterocycles. The van der Waals surface area contributed by atoms with Gasteiger partial charge in [-0.2, -0.15) is 0 Å². The summed E-state index contributed by atoms with van der Waals surface area (Å²) in [6.45, 7) is 0. The van der Waals surface area contributed by atoms with Gasteiger partial charge in [-0.3, -0.25) is 4.79 Å². The Morgan fingerprint density at radius 1 is 1.36 bits per heavy atom. The summed E-state index contributed by atoms with van der Waals surface area (Å²) in [4.78, 5) is 10.9. The standard InChI is InChI=1S/C10H9NO2.K/c12-10-11-9-7-4-2-1-3-6(7)5-8(9)13-10;/h1-4,8-9H,5H2,(H,11,12);/q;+1/p-1/t8-,9+;/m1./s1. The molecule has 1 fully saturated rings. The summed E-state index contributed by atoms with van der Waals surface area (Å²) in [6.07, 6.45) is 0.366. The van der Waals surface area contributed by atoms with Gasteiger partial charge in [-0.15, -0.1) is 0 Å². The van der Waals surface area contributed by atoms with E-state index in [4.69, 9.17) is 4.74 Å². The molecule has 0 spiro atoms. The van der Waals surface area contributed by atoms with Crippen LogP contribution in [-0.2, 0) is 11.2 Å². The minimum Gasteiger partial charge on any atom is -0.608 e. The molecule has 0 radical (unpaired) electrons. The number of hydrogen-bond donors (Lipinski definition) is 0. The molecular weight excluding hydrogens is 205 g/mol. The number of amides is 1. The number of hydrogen-bond acceptors (Lipinski definition) is 2. The van der Waals surface area contributed by atoms with E-state index in [0.29, 0.717) is 0 Å². The number of carbonyl (C=O) groups excluding carboxylic acids is 1. The summed E-state index contributed by atoms with van der Waals surface area (Å²) >= 11 is 0. The van der Waals surface area contributed by atoms with Crippen molar-refractivity contribution in [3.8, 4) is 0 Å². The van der Waals surface area contributed by atoms with Crippen molar-refractivity contribution in [1.29, 1.82) is 0 Å². The van der Waals surface area contributed by atoms with Crippen LogP contribution in [-0.4, -0.2) is 12.2 Å². The van der Waals surface area contributed by atoms with Crippen LogP contribution in [0.25, 0.3) is 5.32 Å². The third kappa shape index (κ3) is 1.55. The van der Waals surface area contributed by atoms with Crippen LogP contribution in [0, 0.1) is 0 Å². The smallest absolute Gasteiger partial charge is 0.608 e. The van der Waals surface area contributed by atoms with E-state index < -0.39 is 6.09 Å². The average Bonchev–Trinajstić information content (AvgIpc) is 2.60. The summed E-state index contributed by atoms with van der Waals surface area (Å²) in [6, 6.07) is 8.02. The Balaban J connectivity index is 0.000000750. The molecule has 1 heterocycles. The number of carbonyl (C=O) groups is 1. The number of nitrogens with zero attached hydrogens (tertiary/aromatic N) is 1. The molecule has 0 aromatic heterocycles. The van der Waals surface area contributed by atoms with Gasteiger partial charge in [-0.25, -0.2) is 0 Å². The molecule has 4 heteroatoms. The van der Waals surface area contributed by atoms with Crippen molar-refractivity contribution < 1.29 is 60.9 Å². The van der Waals surface area contributed by atoms with Gasteiger partial charge in [0.05, 0.1) is 6.10 Å². The second kappa shape index (κ2) is 3.94. The molecule has 14 heavy (non-hydrogen) atoms. The van der Waals surface area contributed by atoms with E-state index in [-0.39, 0.29) is 63.5 Å². The topological polar surface area (TPSA) is 40.4 Å². The van der Waals surface area contributed by atoms with Crippen molar-refractivity contribution in [2.24, 2.45) is 0 Å². The molecule has 0 unspecified atom stereocenters. The Hall–Kier alpha value is 0.126. The maximum absolute atomic E-state index is 10.9. The molecule has 1 aromatic carbocycles. The van der Waals surface area contributed by atoms with Gasteiger partial charge >= 0.3 is 51.4 Å². The molecule has 66 valence electrons. The summed E-state index contributed by atoms with van der Waals surface area (Å²) in [7, 11) is 0. The molecule has 3 nitrogen and oxygen atoms in total. The van der Waals surface area contributed by atoms with Crippen LogP contribution in [0.2, 0.25) is 0 Å². The van der Waals surface area contributed by atoms with Gasteiger partial charge in [0.2, 0.25) is 6.09 Å². The number of benzene rings is 1. The number of ether oxygens (including phenoxy) is 1. The molecule has 1 aliphatic carbocycles. The van der Waals surface area contributed by atoms with Gasteiger partial charge in [0.1, 0.15) is 0 Å². The van der Waals surface area contributed by atoms with Gasteiger partial charge in [0, 0.05) is 6.42 Å². The van der Waals surface area contributed by atoms with E-state index in [1.165, 1.54) is 5.56 Å². The van der Waals surface area contributed by atoms with E-state index in [9.17, 15) is 4.79 Å². The van der Waals surface area contributed by atoms with E-state index >= 15 is 0 Å². The zero-order valence-electron chi connectivity index (χ0n) is 7.93. The van der Waals surface area contributed by atoms with Crippen LogP contribution in [0.5, 0.6) is 0 Å². The molecule has 0 N–H and O–H groups in total. The van der Waals surface area contributed by atoms with Crippen molar-refractivity contribution >= 4 is 6.09 Å². The van der Waals surface area contributed by atoms with E-state index in [2.05, 4.69) is 11.4 Å². The normalized spacial score (nSPS) is 27.0. The van der Waals surface area contributed by atoms with Crippen LogP contribution in [0.3, 0.4) is 0 Å². The molecule has 2 atom stereocenters. The van der Waals surface area contributed by atoms with Crippen LogP contribution in [0.4, 0.5) is 4.79 Å². The quantitative estimate of drug-likeness (QED) is 0.528. The minimum atomic E-state index is -0.412. The van der Waals surface area contributed by atoms with Crippen LogP contribution in [0.15, 0.2) is 24.3 Å². The molecule has 0 saturated carbocycles. The van der Waals surface area contributed by atoms with E-state index in [1.54, 1.807) is 0 Å². The molecule has 1 aromatic rings. The first-order valence-corrected chi connectivity index (χ1v) is 4.34. The summed E-state index contributed by atoms with van der Waals surface area (Å²) < 4.78 is 5.06. The number of fused-ring (bicyclic) bond motifs is 3. The molecule has 2 aliphatic rings. The van der Waals surface area contributed by atoms with Crippen LogP contribution >= 0.6 is 0 Å². The first-order chi connectivity index (χ1) is 6.34. The molecule has 1 amide bonds. The van der Waals surface area contributed by atoms with E-state index in [1.807, 2.05) is 18.2 Å². The average molecular weight is 213 g/mol. The summed E-state index contributed by atoms with van der Waals surface area (Å²) in [5.41, 5.74) is 2.41. The zero-order valence-corrected chi connectivity index (χ0v) is 11.1. The Kier molecular flexibility index (Phi) is 3.00. The fraction of sp³-hybridized carbons (Fsp3) is 0.300. The van der Waals surface area contributed by atoms with Gasteiger partial charge in [-0.05, 0) is 11.6 Å². The zero-order chi connectivity index (χ0) is 8.84. The minimum absolute atomic E-state index is 0. The van der Waals surface area contributed by atoms with Crippen LogP contribution < -0.4 is 51.4 Å². The number of rotatable bonds is 0. The largest absolute Gasteiger partial charge is 1.00 e. The predicted octanol–water partition coefficient (Wildman–Crippen LogP) is -0.820. The van der Waals surface area contributed by atoms with Crippen molar-refractivity contribution in [1.82, 2.24) is 0 Å². The molecule has 1 saturated heterocycles. The Morgan fingerprint density at radius 3 is 3.00 bits per heavy atom. The molecular formula is C10H8KNO2. The monoisotopic (exact) mass is 213 g/mol. The Labute approximate surface area is 125 Å². The van der Waals surface area contributed by atoms with Gasteiger partial charge in [0.25, 0.3) is 0 Å². The SMILES string of the molecule is O=C1[N-][C@H]2c3ccccc3C[C@H]2O1.[K+]. The van der Waals surface area contributed by atoms with Crippen molar-refractivity contribution in [3.05, 3.63) is 40.7 Å². The first-order valence-electron chi connectivity index (χ1n) is 4.34. The Morgan fingerprint density at radius 2 is 2.14 bits per heavy atom. The first kappa shape index (κ1) is 10.6. The third-order valence-electron chi connectivity index (χ3n) is 2.64. The van der Waals surface area contributed by atoms with Gasteiger partial charge in [0.15, 0.2) is 0 Å². The predicted molar refractivity (Wildman–Crippen MR) is 46.5 cm³/mol. The van der Waals surface area contributed by atoms with Gasteiger partial charge < -0.3 is 10.1 Å². The molecule has 0 bridgehead atoms. The van der Waals surface area contributed by atoms with Crippen molar-refractivity contribution in [2.75, 3.05) is 0 Å². The molecule has 3 rings (SSSR count). The summed E-state index contributed by atoms with van der Waals surface area (Å²) in [5.74, 6) is 0. The Bertz CT molecular complexity index is 380. The van der Waals surface area contributed by atoms with Crippen molar-refractivity contribution in [3.63, 3.8) is 0 Å². The van der Waals surface area contributed by atoms with E-state index in [0.717, 1.165) is 12.0 Å². The van der Waals surface area contributed by atoms with Crippen LogP contribution in [0.1, 0.15) is 17.2 Å². The maximum Gasteiger partial charge on any atom is 1.00 e. The second-order valence-corrected chi connectivity index (χ2v) is 3.40. The summed E-state index contributed by atoms with van der Waals surface area (Å²) in [5, 5.41) is 3.93.